The number of hydrogen-bond donors (Lipinski definition) is 0. The minimum atomic E-state index is -0.0167. The Morgan fingerprint density at radius 3 is 2.29 bits per heavy atom. The highest BCUT2D eigenvalue weighted by Gasteiger charge is 2.43. The molecule has 2 saturated heterocycles. The number of halogens is 1. The van der Waals surface area contributed by atoms with E-state index in [9.17, 15) is 4.79 Å². The molecule has 0 aliphatic carbocycles. The average Bonchev–Trinajstić information content (AvgIpc) is 3.02. The highest BCUT2D eigenvalue weighted by molar-refractivity contribution is 6.31. The van der Waals surface area contributed by atoms with Crippen LogP contribution in [0.25, 0.3) is 11.4 Å². The maximum atomic E-state index is 13.6. The summed E-state index contributed by atoms with van der Waals surface area (Å²) in [4.78, 5) is 35.8. The first-order chi connectivity index (χ1) is 15.0. The topological polar surface area (TPSA) is 75.1 Å². The third kappa shape index (κ3) is 3.74. The number of aryl methyl sites for hydroxylation is 2. The van der Waals surface area contributed by atoms with Gasteiger partial charge in [-0.15, -0.1) is 0 Å². The van der Waals surface area contributed by atoms with Crippen molar-refractivity contribution in [2.45, 2.75) is 38.8 Å². The molecule has 0 spiro atoms. The van der Waals surface area contributed by atoms with E-state index in [-0.39, 0.29) is 18.0 Å². The fraction of sp³-hybridized carbons (Fsp3) is 0.348. The number of amides is 1. The van der Waals surface area contributed by atoms with Crippen LogP contribution in [0.4, 0.5) is 5.95 Å². The first-order valence-corrected chi connectivity index (χ1v) is 10.8. The van der Waals surface area contributed by atoms with Crippen LogP contribution in [0.3, 0.4) is 0 Å². The van der Waals surface area contributed by atoms with Gasteiger partial charge in [-0.25, -0.2) is 19.9 Å². The number of carbonyl (C=O) groups is 1. The highest BCUT2D eigenvalue weighted by Crippen LogP contribution is 2.35. The number of carbonyl (C=O) groups excluding carboxylic acids is 1. The Labute approximate surface area is 186 Å². The number of rotatable bonds is 3. The van der Waals surface area contributed by atoms with E-state index in [0.29, 0.717) is 35.1 Å². The molecule has 1 amide bonds. The molecule has 158 valence electrons. The molecule has 2 aromatic heterocycles. The van der Waals surface area contributed by atoms with Gasteiger partial charge in [0.2, 0.25) is 5.95 Å². The van der Waals surface area contributed by atoms with Crippen molar-refractivity contribution < 1.29 is 4.79 Å². The standard InChI is InChI=1S/C23H23ClN6O/c1-14-10-15(2)28-23(27-14)30-17-5-6-18(30)13-29(12-17)22(31)19-7-4-16(24)11-20(19)21-25-8-3-9-26-21/h3-4,7-11,17-18H,5-6,12-13H2,1-2H3. The molecule has 8 heteroatoms. The summed E-state index contributed by atoms with van der Waals surface area (Å²) in [6.45, 7) is 5.27. The number of anilines is 1. The molecule has 2 unspecified atom stereocenters. The second-order valence-corrected chi connectivity index (χ2v) is 8.65. The molecular formula is C23H23ClN6O. The molecule has 31 heavy (non-hydrogen) atoms. The number of likely N-dealkylation sites (tertiary alicyclic amines) is 1. The number of nitrogens with zero attached hydrogens (tertiary/aromatic N) is 6. The summed E-state index contributed by atoms with van der Waals surface area (Å²) in [5.74, 6) is 1.26. The summed E-state index contributed by atoms with van der Waals surface area (Å²) in [5, 5.41) is 0.552. The van der Waals surface area contributed by atoms with Gasteiger partial charge in [-0.2, -0.15) is 0 Å². The molecule has 2 aliphatic heterocycles. The Morgan fingerprint density at radius 1 is 1.00 bits per heavy atom. The predicted octanol–water partition coefficient (Wildman–Crippen LogP) is 3.70. The highest BCUT2D eigenvalue weighted by atomic mass is 35.5. The van der Waals surface area contributed by atoms with Gasteiger partial charge in [0.15, 0.2) is 5.82 Å². The van der Waals surface area contributed by atoms with E-state index in [1.54, 1.807) is 36.7 Å². The van der Waals surface area contributed by atoms with E-state index >= 15 is 0 Å². The van der Waals surface area contributed by atoms with Crippen LogP contribution in [0.5, 0.6) is 0 Å². The van der Waals surface area contributed by atoms with Crippen LogP contribution in [-0.4, -0.2) is 55.9 Å². The minimum absolute atomic E-state index is 0.0167. The Kier molecular flexibility index (Phi) is 5.06. The van der Waals surface area contributed by atoms with Crippen LogP contribution >= 0.6 is 11.6 Å². The van der Waals surface area contributed by atoms with Gasteiger partial charge < -0.3 is 9.80 Å². The summed E-state index contributed by atoms with van der Waals surface area (Å²) < 4.78 is 0. The van der Waals surface area contributed by atoms with Crippen LogP contribution in [0, 0.1) is 13.8 Å². The molecule has 4 heterocycles. The molecule has 2 bridgehead atoms. The van der Waals surface area contributed by atoms with Gasteiger partial charge in [0.05, 0.1) is 5.56 Å². The molecular weight excluding hydrogens is 412 g/mol. The van der Waals surface area contributed by atoms with Gasteiger partial charge in [-0.3, -0.25) is 4.79 Å². The zero-order chi connectivity index (χ0) is 21.5. The van der Waals surface area contributed by atoms with E-state index in [1.807, 2.05) is 24.8 Å². The summed E-state index contributed by atoms with van der Waals surface area (Å²) in [5.41, 5.74) is 3.17. The Morgan fingerprint density at radius 2 is 1.65 bits per heavy atom. The molecule has 0 N–H and O–H groups in total. The molecule has 2 aliphatic rings. The largest absolute Gasteiger partial charge is 0.334 e. The van der Waals surface area contributed by atoms with Gasteiger partial charge in [-0.05, 0) is 57.0 Å². The Hall–Kier alpha value is -3.06. The first kappa shape index (κ1) is 19.9. The molecule has 2 atom stereocenters. The van der Waals surface area contributed by atoms with E-state index in [1.165, 1.54) is 0 Å². The van der Waals surface area contributed by atoms with Gasteiger partial charge >= 0.3 is 0 Å². The van der Waals surface area contributed by atoms with Crippen molar-refractivity contribution in [3.63, 3.8) is 0 Å². The van der Waals surface area contributed by atoms with E-state index in [0.717, 1.165) is 30.2 Å². The number of fused-ring (bicyclic) bond motifs is 2. The molecule has 7 nitrogen and oxygen atoms in total. The second kappa shape index (κ2) is 7.89. The summed E-state index contributed by atoms with van der Waals surface area (Å²) in [6.07, 6.45) is 5.39. The van der Waals surface area contributed by atoms with Crippen molar-refractivity contribution in [3.8, 4) is 11.4 Å². The fourth-order valence-corrected chi connectivity index (χ4v) is 4.89. The third-order valence-corrected chi connectivity index (χ3v) is 6.22. The fourth-order valence-electron chi connectivity index (χ4n) is 4.71. The minimum Gasteiger partial charge on any atom is -0.334 e. The molecule has 5 rings (SSSR count). The molecule has 3 aromatic rings. The van der Waals surface area contributed by atoms with Crippen molar-refractivity contribution in [2.24, 2.45) is 0 Å². The Bertz CT molecular complexity index is 1100. The van der Waals surface area contributed by atoms with E-state index < -0.39 is 0 Å². The van der Waals surface area contributed by atoms with Crippen LogP contribution < -0.4 is 4.90 Å². The normalized spacial score (nSPS) is 20.2. The van der Waals surface area contributed by atoms with Gasteiger partial charge in [0, 0.05) is 59.5 Å². The number of aromatic nitrogens is 4. The monoisotopic (exact) mass is 434 g/mol. The van der Waals surface area contributed by atoms with Crippen LogP contribution in [0.1, 0.15) is 34.6 Å². The SMILES string of the molecule is Cc1cc(C)nc(N2C3CCC2CN(C(=O)c2ccc(Cl)cc2-c2ncccn2)C3)n1. The third-order valence-electron chi connectivity index (χ3n) is 5.99. The lowest BCUT2D eigenvalue weighted by Crippen LogP contribution is -2.56. The van der Waals surface area contributed by atoms with Crippen molar-refractivity contribution >= 4 is 23.5 Å². The number of benzene rings is 1. The van der Waals surface area contributed by atoms with Gasteiger partial charge in [0.25, 0.3) is 5.91 Å². The maximum Gasteiger partial charge on any atom is 0.254 e. The molecule has 1 aromatic carbocycles. The molecule has 0 saturated carbocycles. The molecule has 2 fully saturated rings. The lowest BCUT2D eigenvalue weighted by molar-refractivity contribution is 0.0717. The predicted molar refractivity (Wildman–Crippen MR) is 119 cm³/mol. The summed E-state index contributed by atoms with van der Waals surface area (Å²) >= 11 is 6.22. The first-order valence-electron chi connectivity index (χ1n) is 10.5. The second-order valence-electron chi connectivity index (χ2n) is 8.22. The number of piperazine rings is 1. The Balaban J connectivity index is 1.43. The van der Waals surface area contributed by atoms with Gasteiger partial charge in [0.1, 0.15) is 0 Å². The summed E-state index contributed by atoms with van der Waals surface area (Å²) in [7, 11) is 0. The zero-order valence-electron chi connectivity index (χ0n) is 17.5. The smallest absolute Gasteiger partial charge is 0.254 e. The number of hydrogen-bond acceptors (Lipinski definition) is 6. The maximum absolute atomic E-state index is 13.6. The lowest BCUT2D eigenvalue weighted by Gasteiger charge is -2.41. The zero-order valence-corrected chi connectivity index (χ0v) is 18.3. The summed E-state index contributed by atoms with van der Waals surface area (Å²) in [6, 6.07) is 9.45. The van der Waals surface area contributed by atoms with Crippen molar-refractivity contribution in [1.29, 1.82) is 0 Å². The average molecular weight is 435 g/mol. The lowest BCUT2D eigenvalue weighted by atomic mass is 10.0. The van der Waals surface area contributed by atoms with Crippen LogP contribution in [0.15, 0.2) is 42.7 Å². The molecule has 0 radical (unpaired) electrons. The van der Waals surface area contributed by atoms with Crippen LogP contribution in [0.2, 0.25) is 5.02 Å². The van der Waals surface area contributed by atoms with Gasteiger partial charge in [-0.1, -0.05) is 11.6 Å². The quantitative estimate of drug-likeness (QED) is 0.625. The van der Waals surface area contributed by atoms with Crippen molar-refractivity contribution in [3.05, 3.63) is 64.7 Å². The van der Waals surface area contributed by atoms with Crippen molar-refractivity contribution in [2.75, 3.05) is 18.0 Å². The van der Waals surface area contributed by atoms with Crippen molar-refractivity contribution in [1.82, 2.24) is 24.8 Å². The van der Waals surface area contributed by atoms with Crippen LogP contribution in [-0.2, 0) is 0 Å². The van der Waals surface area contributed by atoms with E-state index in [4.69, 9.17) is 11.6 Å². The van der Waals surface area contributed by atoms with E-state index in [2.05, 4.69) is 24.8 Å².